The first-order valence-electron chi connectivity index (χ1n) is 5.20. The Hall–Kier alpha value is -2.64. The normalized spacial score (nSPS) is 10.3. The number of nitro groups is 1. The Bertz CT molecular complexity index is 579. The summed E-state index contributed by atoms with van der Waals surface area (Å²) in [5.41, 5.74) is 7.13. The Balaban J connectivity index is 2.11. The zero-order chi connectivity index (χ0) is 13.1. The fourth-order valence-corrected chi connectivity index (χ4v) is 1.49. The zero-order valence-corrected chi connectivity index (χ0v) is 9.67. The number of nitrogens with two attached hydrogens (primary N) is 1. The van der Waals surface area contributed by atoms with Crippen LogP contribution < -0.4 is 11.1 Å². The molecular weight excluding hydrogens is 236 g/mol. The van der Waals surface area contributed by atoms with Gasteiger partial charge in [0.25, 0.3) is 5.69 Å². The zero-order valence-electron chi connectivity index (χ0n) is 9.67. The van der Waals surface area contributed by atoms with E-state index < -0.39 is 4.92 Å². The standard InChI is InChI=1S/C10H12N6O2/c1-6-2-8(16(17)18)5-13-10(6)12-3-7-4-14-15-9(7)11/h2,4-5H,3H2,1H3,(H,12,13)(H3,11,14,15). The van der Waals surface area contributed by atoms with Gasteiger partial charge in [0.1, 0.15) is 17.8 Å². The van der Waals surface area contributed by atoms with E-state index in [4.69, 9.17) is 5.73 Å². The van der Waals surface area contributed by atoms with Crippen LogP contribution in [-0.4, -0.2) is 20.1 Å². The molecule has 0 aliphatic rings. The number of aryl methyl sites for hydroxylation is 1. The van der Waals surface area contributed by atoms with E-state index in [2.05, 4.69) is 20.5 Å². The number of aromatic nitrogens is 3. The molecule has 0 amide bonds. The van der Waals surface area contributed by atoms with Crippen molar-refractivity contribution < 1.29 is 4.92 Å². The summed E-state index contributed by atoms with van der Waals surface area (Å²) in [6.07, 6.45) is 2.83. The van der Waals surface area contributed by atoms with Crippen molar-refractivity contribution >= 4 is 17.3 Å². The molecule has 0 fully saturated rings. The molecule has 2 aromatic rings. The molecule has 18 heavy (non-hydrogen) atoms. The van der Waals surface area contributed by atoms with Crippen molar-refractivity contribution in [2.24, 2.45) is 0 Å². The van der Waals surface area contributed by atoms with Crippen LogP contribution in [0.25, 0.3) is 0 Å². The van der Waals surface area contributed by atoms with Gasteiger partial charge in [0.15, 0.2) is 0 Å². The Morgan fingerprint density at radius 1 is 1.56 bits per heavy atom. The van der Waals surface area contributed by atoms with Crippen molar-refractivity contribution in [1.29, 1.82) is 0 Å². The van der Waals surface area contributed by atoms with Crippen molar-refractivity contribution in [2.45, 2.75) is 13.5 Å². The Kier molecular flexibility index (Phi) is 3.09. The topological polar surface area (TPSA) is 123 Å². The molecule has 2 aromatic heterocycles. The highest BCUT2D eigenvalue weighted by molar-refractivity contribution is 5.49. The lowest BCUT2D eigenvalue weighted by atomic mass is 10.2. The second-order valence-electron chi connectivity index (χ2n) is 3.78. The largest absolute Gasteiger partial charge is 0.384 e. The molecule has 0 aromatic carbocycles. The second kappa shape index (κ2) is 4.70. The highest BCUT2D eigenvalue weighted by Gasteiger charge is 2.09. The average molecular weight is 248 g/mol. The lowest BCUT2D eigenvalue weighted by Crippen LogP contribution is -2.05. The summed E-state index contributed by atoms with van der Waals surface area (Å²) < 4.78 is 0. The highest BCUT2D eigenvalue weighted by Crippen LogP contribution is 2.19. The first-order valence-corrected chi connectivity index (χ1v) is 5.20. The second-order valence-corrected chi connectivity index (χ2v) is 3.78. The van der Waals surface area contributed by atoms with Gasteiger partial charge in [0.2, 0.25) is 0 Å². The third-order valence-electron chi connectivity index (χ3n) is 2.47. The molecule has 8 heteroatoms. The molecule has 94 valence electrons. The van der Waals surface area contributed by atoms with E-state index in [1.807, 2.05) is 0 Å². The highest BCUT2D eigenvalue weighted by atomic mass is 16.6. The van der Waals surface area contributed by atoms with Gasteiger partial charge in [0.05, 0.1) is 11.1 Å². The number of nitrogens with zero attached hydrogens (tertiary/aromatic N) is 3. The molecule has 0 radical (unpaired) electrons. The third-order valence-corrected chi connectivity index (χ3v) is 2.47. The number of anilines is 2. The lowest BCUT2D eigenvalue weighted by molar-refractivity contribution is -0.385. The minimum Gasteiger partial charge on any atom is -0.384 e. The van der Waals surface area contributed by atoms with E-state index >= 15 is 0 Å². The van der Waals surface area contributed by atoms with Crippen LogP contribution >= 0.6 is 0 Å². The minimum absolute atomic E-state index is 0.0270. The minimum atomic E-state index is -0.474. The van der Waals surface area contributed by atoms with E-state index in [1.165, 1.54) is 12.3 Å². The van der Waals surface area contributed by atoms with Crippen molar-refractivity contribution in [2.75, 3.05) is 11.1 Å². The number of H-pyrrole nitrogens is 1. The van der Waals surface area contributed by atoms with E-state index in [9.17, 15) is 10.1 Å². The molecule has 4 N–H and O–H groups in total. The fraction of sp³-hybridized carbons (Fsp3) is 0.200. The van der Waals surface area contributed by atoms with Crippen LogP contribution in [0, 0.1) is 17.0 Å². The van der Waals surface area contributed by atoms with Gasteiger partial charge in [-0.15, -0.1) is 0 Å². The van der Waals surface area contributed by atoms with E-state index in [-0.39, 0.29) is 5.69 Å². The van der Waals surface area contributed by atoms with Crippen LogP contribution in [0.15, 0.2) is 18.5 Å². The number of hydrogen-bond donors (Lipinski definition) is 3. The molecule has 0 aliphatic heterocycles. The molecule has 0 bridgehead atoms. The van der Waals surface area contributed by atoms with Crippen molar-refractivity contribution in [3.8, 4) is 0 Å². The number of nitrogen functional groups attached to an aromatic ring is 1. The van der Waals surface area contributed by atoms with Gasteiger partial charge in [0, 0.05) is 18.2 Å². The molecule has 8 nitrogen and oxygen atoms in total. The van der Waals surface area contributed by atoms with E-state index in [0.717, 1.165) is 5.56 Å². The first kappa shape index (κ1) is 11.8. The smallest absolute Gasteiger partial charge is 0.287 e. The maximum Gasteiger partial charge on any atom is 0.287 e. The Morgan fingerprint density at radius 2 is 2.33 bits per heavy atom. The summed E-state index contributed by atoms with van der Waals surface area (Å²) in [6.45, 7) is 2.20. The van der Waals surface area contributed by atoms with Gasteiger partial charge >= 0.3 is 0 Å². The average Bonchev–Trinajstić information content (AvgIpc) is 2.73. The summed E-state index contributed by atoms with van der Waals surface area (Å²) in [7, 11) is 0. The van der Waals surface area contributed by atoms with Crippen molar-refractivity contribution in [1.82, 2.24) is 15.2 Å². The summed E-state index contributed by atoms with van der Waals surface area (Å²) >= 11 is 0. The predicted octanol–water partition coefficient (Wildman–Crippen LogP) is 1.22. The van der Waals surface area contributed by atoms with Crippen molar-refractivity contribution in [3.63, 3.8) is 0 Å². The van der Waals surface area contributed by atoms with Gasteiger partial charge in [-0.2, -0.15) is 5.10 Å². The summed E-state index contributed by atoms with van der Waals surface area (Å²) in [6, 6.07) is 1.47. The Morgan fingerprint density at radius 3 is 2.89 bits per heavy atom. The van der Waals surface area contributed by atoms with Crippen LogP contribution in [0.2, 0.25) is 0 Å². The number of hydrogen-bond acceptors (Lipinski definition) is 6. The predicted molar refractivity (Wildman–Crippen MR) is 66.0 cm³/mol. The molecule has 0 saturated heterocycles. The van der Waals surface area contributed by atoms with E-state index in [0.29, 0.717) is 23.7 Å². The maximum atomic E-state index is 10.6. The number of nitrogens with one attached hydrogen (secondary N) is 2. The van der Waals surface area contributed by atoms with Crippen LogP contribution in [-0.2, 0) is 6.54 Å². The van der Waals surface area contributed by atoms with Gasteiger partial charge in [-0.05, 0) is 12.5 Å². The summed E-state index contributed by atoms with van der Waals surface area (Å²) in [5.74, 6) is 1.07. The quantitative estimate of drug-likeness (QED) is 0.552. The van der Waals surface area contributed by atoms with Gasteiger partial charge < -0.3 is 11.1 Å². The Labute approximate surface area is 102 Å². The molecule has 0 unspecified atom stereocenters. The SMILES string of the molecule is Cc1cc([N+](=O)[O-])cnc1NCc1cn[nH]c1N. The maximum absolute atomic E-state index is 10.6. The van der Waals surface area contributed by atoms with Crippen LogP contribution in [0.1, 0.15) is 11.1 Å². The first-order chi connectivity index (χ1) is 8.58. The molecular formula is C10H12N6O2. The van der Waals surface area contributed by atoms with E-state index in [1.54, 1.807) is 13.1 Å². The number of pyridine rings is 1. The number of rotatable bonds is 4. The van der Waals surface area contributed by atoms with Crippen LogP contribution in [0.3, 0.4) is 0 Å². The van der Waals surface area contributed by atoms with Gasteiger partial charge in [-0.25, -0.2) is 4.98 Å². The van der Waals surface area contributed by atoms with Gasteiger partial charge in [-0.1, -0.05) is 0 Å². The van der Waals surface area contributed by atoms with Crippen molar-refractivity contribution in [3.05, 3.63) is 39.7 Å². The van der Waals surface area contributed by atoms with Crippen LogP contribution in [0.5, 0.6) is 0 Å². The summed E-state index contributed by atoms with van der Waals surface area (Å²) in [4.78, 5) is 14.1. The van der Waals surface area contributed by atoms with Crippen LogP contribution in [0.4, 0.5) is 17.3 Å². The number of aromatic amines is 1. The monoisotopic (exact) mass is 248 g/mol. The third kappa shape index (κ3) is 2.37. The molecule has 0 spiro atoms. The molecule has 0 saturated carbocycles. The molecule has 0 atom stereocenters. The fourth-order valence-electron chi connectivity index (χ4n) is 1.49. The van der Waals surface area contributed by atoms with Gasteiger partial charge in [-0.3, -0.25) is 15.2 Å². The molecule has 2 rings (SSSR count). The molecule has 0 aliphatic carbocycles. The lowest BCUT2D eigenvalue weighted by Gasteiger charge is -2.07. The molecule has 2 heterocycles. The summed E-state index contributed by atoms with van der Waals surface area (Å²) in [5, 5.41) is 20.0.